The Morgan fingerprint density at radius 1 is 1.32 bits per heavy atom. The summed E-state index contributed by atoms with van der Waals surface area (Å²) in [7, 11) is 2.08. The molecule has 0 bridgehead atoms. The normalized spacial score (nSPS) is 13.6. The summed E-state index contributed by atoms with van der Waals surface area (Å²) in [5.41, 5.74) is 8.80. The first-order valence-corrected chi connectivity index (χ1v) is 7.96. The third kappa shape index (κ3) is 2.82. The van der Waals surface area contributed by atoms with Crippen molar-refractivity contribution in [2.45, 2.75) is 12.8 Å². The number of benzene rings is 1. The zero-order chi connectivity index (χ0) is 15.7. The van der Waals surface area contributed by atoms with E-state index < -0.39 is 5.91 Å². The molecule has 0 atom stereocenters. The number of nitrogens with zero attached hydrogens (tertiary/aromatic N) is 1. The minimum atomic E-state index is -0.521. The molecule has 3 rings (SSSR count). The Morgan fingerprint density at radius 3 is 2.86 bits per heavy atom. The molecule has 2 aromatic rings. The minimum Gasteiger partial charge on any atom is -0.374 e. The maximum atomic E-state index is 12.2. The molecule has 22 heavy (non-hydrogen) atoms. The van der Waals surface area contributed by atoms with Crippen LogP contribution in [0.15, 0.2) is 29.6 Å². The second kappa shape index (κ2) is 5.81. The lowest BCUT2D eigenvalue weighted by atomic mass is 10.0. The lowest BCUT2D eigenvalue weighted by Gasteiger charge is -2.27. The fourth-order valence-corrected chi connectivity index (χ4v) is 3.43. The van der Waals surface area contributed by atoms with E-state index in [0.717, 1.165) is 25.1 Å². The Kier molecular flexibility index (Phi) is 3.85. The lowest BCUT2D eigenvalue weighted by Crippen LogP contribution is -2.24. The first-order valence-electron chi connectivity index (χ1n) is 7.08. The van der Waals surface area contributed by atoms with E-state index in [-0.39, 0.29) is 5.91 Å². The van der Waals surface area contributed by atoms with Crippen LogP contribution in [-0.2, 0) is 6.42 Å². The van der Waals surface area contributed by atoms with Crippen molar-refractivity contribution in [3.8, 4) is 0 Å². The predicted molar refractivity (Wildman–Crippen MR) is 88.8 cm³/mol. The lowest BCUT2D eigenvalue weighted by molar-refractivity contribution is 0.100. The summed E-state index contributed by atoms with van der Waals surface area (Å²) in [5, 5.41) is 4.47. The maximum absolute atomic E-state index is 12.2. The van der Waals surface area contributed by atoms with Gasteiger partial charge in [-0.15, -0.1) is 11.3 Å². The van der Waals surface area contributed by atoms with Gasteiger partial charge in [-0.2, -0.15) is 0 Å². The van der Waals surface area contributed by atoms with Crippen LogP contribution in [0.4, 0.5) is 11.4 Å². The molecule has 0 aliphatic carbocycles. The van der Waals surface area contributed by atoms with E-state index in [9.17, 15) is 9.59 Å². The molecule has 0 fully saturated rings. The first kappa shape index (κ1) is 14.6. The van der Waals surface area contributed by atoms with E-state index in [2.05, 4.69) is 17.3 Å². The van der Waals surface area contributed by atoms with Gasteiger partial charge in [0.25, 0.3) is 5.91 Å². The van der Waals surface area contributed by atoms with Crippen LogP contribution in [0.5, 0.6) is 0 Å². The number of aryl methyl sites for hydroxylation is 1. The second-order valence-corrected chi connectivity index (χ2v) is 6.30. The number of carbonyl (C=O) groups excluding carboxylic acids is 2. The molecule has 114 valence electrons. The van der Waals surface area contributed by atoms with Crippen LogP contribution in [0.2, 0.25) is 0 Å². The van der Waals surface area contributed by atoms with E-state index in [1.165, 1.54) is 28.7 Å². The monoisotopic (exact) mass is 315 g/mol. The Balaban J connectivity index is 1.77. The predicted octanol–water partition coefficient (Wildman–Crippen LogP) is 2.48. The quantitative estimate of drug-likeness (QED) is 0.913. The fourth-order valence-electron chi connectivity index (χ4n) is 2.64. The van der Waals surface area contributed by atoms with Crippen molar-refractivity contribution in [2.24, 2.45) is 5.73 Å². The molecule has 6 heteroatoms. The van der Waals surface area contributed by atoms with Crippen molar-refractivity contribution in [2.75, 3.05) is 23.8 Å². The van der Waals surface area contributed by atoms with E-state index in [1.54, 1.807) is 5.38 Å². The molecule has 0 radical (unpaired) electrons. The van der Waals surface area contributed by atoms with E-state index >= 15 is 0 Å². The molecule has 1 aliphatic heterocycles. The van der Waals surface area contributed by atoms with Crippen LogP contribution in [-0.4, -0.2) is 25.4 Å². The highest BCUT2D eigenvalue weighted by molar-refractivity contribution is 7.12. The highest BCUT2D eigenvalue weighted by Crippen LogP contribution is 2.29. The number of primary amides is 1. The Morgan fingerprint density at radius 2 is 2.14 bits per heavy atom. The van der Waals surface area contributed by atoms with Crippen molar-refractivity contribution < 1.29 is 9.59 Å². The molecule has 0 saturated carbocycles. The molecule has 1 aromatic heterocycles. The average Bonchev–Trinajstić information content (AvgIpc) is 2.97. The number of thiophene rings is 1. The highest BCUT2D eigenvalue weighted by Gasteiger charge is 2.16. The molecule has 0 spiro atoms. The van der Waals surface area contributed by atoms with Crippen molar-refractivity contribution in [3.05, 3.63) is 45.6 Å². The van der Waals surface area contributed by atoms with E-state index in [1.807, 2.05) is 18.2 Å². The van der Waals surface area contributed by atoms with Crippen molar-refractivity contribution in [1.82, 2.24) is 0 Å². The minimum absolute atomic E-state index is 0.221. The first-order chi connectivity index (χ1) is 10.5. The molecule has 1 aliphatic rings. The van der Waals surface area contributed by atoms with Crippen LogP contribution in [0.3, 0.4) is 0 Å². The number of nitrogens with two attached hydrogens (primary N) is 1. The molecular weight excluding hydrogens is 298 g/mol. The van der Waals surface area contributed by atoms with Gasteiger partial charge in [-0.05, 0) is 42.7 Å². The molecule has 5 nitrogen and oxygen atoms in total. The highest BCUT2D eigenvalue weighted by atomic mass is 32.1. The largest absolute Gasteiger partial charge is 0.374 e. The van der Waals surface area contributed by atoms with Crippen molar-refractivity contribution in [3.63, 3.8) is 0 Å². The van der Waals surface area contributed by atoms with Gasteiger partial charge < -0.3 is 16.0 Å². The van der Waals surface area contributed by atoms with Crippen LogP contribution < -0.4 is 16.0 Å². The Hall–Kier alpha value is -2.34. The topological polar surface area (TPSA) is 75.4 Å². The molecule has 1 aromatic carbocycles. The van der Waals surface area contributed by atoms with Gasteiger partial charge in [-0.25, -0.2) is 0 Å². The molecule has 2 heterocycles. The van der Waals surface area contributed by atoms with Crippen LogP contribution >= 0.6 is 11.3 Å². The third-order valence-electron chi connectivity index (χ3n) is 3.80. The number of anilines is 2. The van der Waals surface area contributed by atoms with E-state index in [4.69, 9.17) is 5.73 Å². The zero-order valence-electron chi connectivity index (χ0n) is 12.3. The summed E-state index contributed by atoms with van der Waals surface area (Å²) < 4.78 is 0. The molecule has 0 saturated heterocycles. The summed E-state index contributed by atoms with van der Waals surface area (Å²) >= 11 is 1.21. The summed E-state index contributed by atoms with van der Waals surface area (Å²) in [6.07, 6.45) is 2.14. The number of rotatable bonds is 3. The number of carbonyl (C=O) groups is 2. The van der Waals surface area contributed by atoms with Crippen molar-refractivity contribution >= 4 is 34.5 Å². The van der Waals surface area contributed by atoms with Crippen molar-refractivity contribution in [1.29, 1.82) is 0 Å². The van der Waals surface area contributed by atoms with E-state index in [0.29, 0.717) is 10.4 Å². The number of hydrogen-bond donors (Lipinski definition) is 2. The summed E-state index contributed by atoms with van der Waals surface area (Å²) in [6, 6.07) is 7.48. The fraction of sp³-hybridized carbons (Fsp3) is 0.250. The van der Waals surface area contributed by atoms with Gasteiger partial charge in [0.15, 0.2) is 0 Å². The summed E-state index contributed by atoms with van der Waals surface area (Å²) in [4.78, 5) is 26.0. The van der Waals surface area contributed by atoms with Crippen LogP contribution in [0.25, 0.3) is 0 Å². The average molecular weight is 315 g/mol. The van der Waals surface area contributed by atoms with Crippen LogP contribution in [0, 0.1) is 0 Å². The zero-order valence-corrected chi connectivity index (χ0v) is 13.1. The summed E-state index contributed by atoms with van der Waals surface area (Å²) in [5.74, 6) is -0.742. The van der Waals surface area contributed by atoms with Gasteiger partial charge in [-0.3, -0.25) is 9.59 Å². The van der Waals surface area contributed by atoms with Crippen LogP contribution in [0.1, 0.15) is 32.0 Å². The van der Waals surface area contributed by atoms with Gasteiger partial charge in [0.2, 0.25) is 5.91 Å². The Bertz CT molecular complexity index is 739. The maximum Gasteiger partial charge on any atom is 0.265 e. The van der Waals surface area contributed by atoms with Gasteiger partial charge in [0, 0.05) is 30.3 Å². The Labute approximate surface area is 132 Å². The second-order valence-electron chi connectivity index (χ2n) is 5.39. The van der Waals surface area contributed by atoms with Gasteiger partial charge in [-0.1, -0.05) is 0 Å². The van der Waals surface area contributed by atoms with Gasteiger partial charge in [0.05, 0.1) is 10.4 Å². The number of fused-ring (bicyclic) bond motifs is 1. The standard InChI is InChI=1S/C16H17N3O2S/c1-19-6-2-3-10-7-12(4-5-13(10)19)18-16(21)14-8-11(9-22-14)15(17)20/h4-5,7-9H,2-3,6H2,1H3,(H2,17,20)(H,18,21). The molecule has 2 amide bonds. The number of hydrogen-bond acceptors (Lipinski definition) is 4. The molecular formula is C16H17N3O2S. The van der Waals surface area contributed by atoms with Gasteiger partial charge in [0.1, 0.15) is 0 Å². The smallest absolute Gasteiger partial charge is 0.265 e. The molecule has 3 N–H and O–H groups in total. The number of nitrogens with one attached hydrogen (secondary N) is 1. The van der Waals surface area contributed by atoms with Gasteiger partial charge >= 0.3 is 0 Å². The SMILES string of the molecule is CN1CCCc2cc(NC(=O)c3cc(C(N)=O)cs3)ccc21. The third-order valence-corrected chi connectivity index (χ3v) is 4.72. The summed E-state index contributed by atoms with van der Waals surface area (Å²) in [6.45, 7) is 1.06. The molecule has 0 unspecified atom stereocenters. The number of amides is 2.